The number of nitrogens with one attached hydrogen (secondary N) is 1. The van der Waals surface area contributed by atoms with Gasteiger partial charge >= 0.3 is 0 Å². The fourth-order valence-electron chi connectivity index (χ4n) is 2.23. The van der Waals surface area contributed by atoms with Crippen LogP contribution in [0.5, 0.6) is 0 Å². The number of rotatable bonds is 5. The maximum atomic E-state index is 8.37. The molecule has 1 rings (SSSR count). The minimum absolute atomic E-state index is 0.327. The molecule has 15 heavy (non-hydrogen) atoms. The molecule has 0 aliphatic heterocycles. The molecular weight excluding hydrogens is 190 g/mol. The average Bonchev–Trinajstić information content (AvgIpc) is 2.26. The molecule has 0 amide bonds. The van der Waals surface area contributed by atoms with Gasteiger partial charge in [0.05, 0.1) is 0 Å². The number of hydrogen-bond acceptors (Lipinski definition) is 3. The Hall–Kier alpha value is -0.770. The number of amidine groups is 1. The van der Waals surface area contributed by atoms with E-state index in [0.29, 0.717) is 18.3 Å². The highest BCUT2D eigenvalue weighted by molar-refractivity contribution is 5.79. The topological polar surface area (TPSA) is 70.6 Å². The summed E-state index contributed by atoms with van der Waals surface area (Å²) >= 11 is 0. The Kier molecular flexibility index (Phi) is 5.47. The summed E-state index contributed by atoms with van der Waals surface area (Å²) < 4.78 is 0. The molecule has 0 heterocycles. The second-order valence-electron chi connectivity index (χ2n) is 4.52. The standard InChI is InChI=1S/C11H23N3O/c1-9-5-2-3-6-10(9)13-8-4-7-11(12)14-15/h9-10,13,15H,2-8H2,1H3,(H2,12,14). The van der Waals surface area contributed by atoms with E-state index in [-0.39, 0.29) is 0 Å². The maximum Gasteiger partial charge on any atom is 0.139 e. The SMILES string of the molecule is CC1CCCCC1NCCCC(N)=NO. The van der Waals surface area contributed by atoms with Crippen LogP contribution in [-0.4, -0.2) is 23.6 Å². The molecule has 4 heteroatoms. The number of nitrogens with two attached hydrogens (primary N) is 1. The molecule has 1 fully saturated rings. The second kappa shape index (κ2) is 6.67. The first-order valence-corrected chi connectivity index (χ1v) is 5.94. The van der Waals surface area contributed by atoms with Crippen LogP contribution >= 0.6 is 0 Å². The molecule has 1 aliphatic rings. The third-order valence-corrected chi connectivity index (χ3v) is 3.26. The fourth-order valence-corrected chi connectivity index (χ4v) is 2.23. The Morgan fingerprint density at radius 1 is 1.47 bits per heavy atom. The van der Waals surface area contributed by atoms with Crippen molar-refractivity contribution in [1.29, 1.82) is 0 Å². The average molecular weight is 213 g/mol. The van der Waals surface area contributed by atoms with Crippen molar-refractivity contribution in [2.24, 2.45) is 16.8 Å². The Morgan fingerprint density at radius 2 is 2.20 bits per heavy atom. The summed E-state index contributed by atoms with van der Waals surface area (Å²) in [5, 5.41) is 14.9. The lowest BCUT2D eigenvalue weighted by Crippen LogP contribution is -2.37. The van der Waals surface area contributed by atoms with Crippen LogP contribution in [0, 0.1) is 5.92 Å². The number of nitrogens with zero attached hydrogens (tertiary/aromatic N) is 1. The van der Waals surface area contributed by atoms with Crippen molar-refractivity contribution in [1.82, 2.24) is 5.32 Å². The third kappa shape index (κ3) is 4.51. The molecule has 0 saturated heterocycles. The van der Waals surface area contributed by atoms with E-state index < -0.39 is 0 Å². The van der Waals surface area contributed by atoms with E-state index in [1.54, 1.807) is 0 Å². The summed E-state index contributed by atoms with van der Waals surface area (Å²) in [7, 11) is 0. The smallest absolute Gasteiger partial charge is 0.139 e. The molecule has 0 aromatic heterocycles. The molecule has 2 unspecified atom stereocenters. The molecule has 4 nitrogen and oxygen atoms in total. The van der Waals surface area contributed by atoms with Gasteiger partial charge in [-0.3, -0.25) is 0 Å². The molecule has 4 N–H and O–H groups in total. The predicted octanol–water partition coefficient (Wildman–Crippen LogP) is 1.68. The van der Waals surface area contributed by atoms with Crippen LogP contribution < -0.4 is 11.1 Å². The monoisotopic (exact) mass is 213 g/mol. The van der Waals surface area contributed by atoms with Crippen LogP contribution in [0.15, 0.2) is 5.16 Å². The summed E-state index contributed by atoms with van der Waals surface area (Å²) in [5.41, 5.74) is 5.39. The van der Waals surface area contributed by atoms with Crippen molar-refractivity contribution in [3.05, 3.63) is 0 Å². The van der Waals surface area contributed by atoms with Gasteiger partial charge in [-0.2, -0.15) is 0 Å². The third-order valence-electron chi connectivity index (χ3n) is 3.26. The lowest BCUT2D eigenvalue weighted by Gasteiger charge is -2.29. The van der Waals surface area contributed by atoms with E-state index in [9.17, 15) is 0 Å². The van der Waals surface area contributed by atoms with E-state index in [1.165, 1.54) is 25.7 Å². The first kappa shape index (κ1) is 12.3. The first-order valence-electron chi connectivity index (χ1n) is 5.94. The second-order valence-corrected chi connectivity index (χ2v) is 4.52. The van der Waals surface area contributed by atoms with E-state index in [1.807, 2.05) is 0 Å². The van der Waals surface area contributed by atoms with Gasteiger partial charge in [0.1, 0.15) is 5.84 Å². The lowest BCUT2D eigenvalue weighted by atomic mass is 9.86. The number of hydrogen-bond donors (Lipinski definition) is 3. The summed E-state index contributed by atoms with van der Waals surface area (Å²) in [6, 6.07) is 0.672. The first-order chi connectivity index (χ1) is 7.24. The van der Waals surface area contributed by atoms with E-state index in [2.05, 4.69) is 17.4 Å². The highest BCUT2D eigenvalue weighted by Crippen LogP contribution is 2.23. The number of oxime groups is 1. The van der Waals surface area contributed by atoms with Crippen molar-refractivity contribution >= 4 is 5.84 Å². The van der Waals surface area contributed by atoms with Crippen LogP contribution in [0.1, 0.15) is 45.4 Å². The quantitative estimate of drug-likeness (QED) is 0.214. The molecule has 0 spiro atoms. The van der Waals surface area contributed by atoms with Crippen LogP contribution in [-0.2, 0) is 0 Å². The van der Waals surface area contributed by atoms with E-state index in [0.717, 1.165) is 18.9 Å². The van der Waals surface area contributed by atoms with E-state index in [4.69, 9.17) is 10.9 Å². The van der Waals surface area contributed by atoms with Gasteiger partial charge in [-0.15, -0.1) is 0 Å². The van der Waals surface area contributed by atoms with Crippen molar-refractivity contribution in [3.63, 3.8) is 0 Å². The van der Waals surface area contributed by atoms with Gasteiger partial charge in [0, 0.05) is 12.5 Å². The normalized spacial score (nSPS) is 27.9. The van der Waals surface area contributed by atoms with Crippen molar-refractivity contribution < 1.29 is 5.21 Å². The molecular formula is C11H23N3O. The molecule has 88 valence electrons. The van der Waals surface area contributed by atoms with Gasteiger partial charge in [0.2, 0.25) is 0 Å². The fraction of sp³-hybridized carbons (Fsp3) is 0.909. The maximum absolute atomic E-state index is 8.37. The van der Waals surface area contributed by atoms with Gasteiger partial charge in [-0.25, -0.2) is 0 Å². The van der Waals surface area contributed by atoms with Gasteiger partial charge in [0.15, 0.2) is 0 Å². The highest BCUT2D eigenvalue weighted by atomic mass is 16.4. The lowest BCUT2D eigenvalue weighted by molar-refractivity contribution is 0.280. The molecule has 0 aromatic carbocycles. The minimum atomic E-state index is 0.327. The van der Waals surface area contributed by atoms with Gasteiger partial charge in [-0.05, 0) is 31.7 Å². The van der Waals surface area contributed by atoms with Gasteiger partial charge in [0.25, 0.3) is 0 Å². The van der Waals surface area contributed by atoms with Crippen LogP contribution in [0.25, 0.3) is 0 Å². The molecule has 0 radical (unpaired) electrons. The van der Waals surface area contributed by atoms with Crippen LogP contribution in [0.2, 0.25) is 0 Å². The summed E-state index contributed by atoms with van der Waals surface area (Å²) in [4.78, 5) is 0. The Balaban J connectivity index is 2.08. The molecule has 1 aliphatic carbocycles. The summed E-state index contributed by atoms with van der Waals surface area (Å²) in [6.45, 7) is 3.28. The zero-order valence-electron chi connectivity index (χ0n) is 9.58. The van der Waals surface area contributed by atoms with Crippen molar-refractivity contribution in [2.45, 2.75) is 51.5 Å². The van der Waals surface area contributed by atoms with Gasteiger partial charge < -0.3 is 16.3 Å². The van der Waals surface area contributed by atoms with Crippen LogP contribution in [0.3, 0.4) is 0 Å². The largest absolute Gasteiger partial charge is 0.409 e. The van der Waals surface area contributed by atoms with E-state index >= 15 is 0 Å². The highest BCUT2D eigenvalue weighted by Gasteiger charge is 2.19. The Bertz CT molecular complexity index is 206. The van der Waals surface area contributed by atoms with Crippen molar-refractivity contribution in [3.8, 4) is 0 Å². The minimum Gasteiger partial charge on any atom is -0.409 e. The van der Waals surface area contributed by atoms with Crippen LogP contribution in [0.4, 0.5) is 0 Å². The summed E-state index contributed by atoms with van der Waals surface area (Å²) in [6.07, 6.45) is 6.98. The zero-order valence-corrected chi connectivity index (χ0v) is 9.58. The Labute approximate surface area is 91.9 Å². The molecule has 1 saturated carbocycles. The van der Waals surface area contributed by atoms with Crippen molar-refractivity contribution in [2.75, 3.05) is 6.54 Å². The zero-order chi connectivity index (χ0) is 11.1. The summed E-state index contributed by atoms with van der Waals surface area (Å²) in [5.74, 6) is 1.12. The molecule has 0 aromatic rings. The molecule has 0 bridgehead atoms. The Morgan fingerprint density at radius 3 is 2.87 bits per heavy atom. The van der Waals surface area contributed by atoms with Gasteiger partial charge in [-0.1, -0.05) is 24.9 Å². The predicted molar refractivity (Wildman–Crippen MR) is 62.1 cm³/mol. The molecule has 2 atom stereocenters.